The van der Waals surface area contributed by atoms with E-state index in [1.54, 1.807) is 6.92 Å². The summed E-state index contributed by atoms with van der Waals surface area (Å²) in [7, 11) is 0. The van der Waals surface area contributed by atoms with Crippen LogP contribution in [-0.4, -0.2) is 27.3 Å². The Kier molecular flexibility index (Phi) is 4.27. The van der Waals surface area contributed by atoms with Crippen molar-refractivity contribution in [2.24, 2.45) is 5.92 Å². The average molecular weight is 267 g/mol. The van der Waals surface area contributed by atoms with Crippen molar-refractivity contribution in [3.8, 4) is 0 Å². The number of piperidine rings is 1. The Hall–Kier alpha value is -1.13. The molecule has 4 nitrogen and oxygen atoms in total. The van der Waals surface area contributed by atoms with Crippen molar-refractivity contribution in [2.75, 3.05) is 0 Å². The molecular weight excluding hydrogens is 242 g/mol. The van der Waals surface area contributed by atoms with Crippen molar-refractivity contribution in [1.82, 2.24) is 5.06 Å². The molecule has 0 amide bonds. The molecule has 19 heavy (non-hydrogen) atoms. The van der Waals surface area contributed by atoms with Gasteiger partial charge in [0.25, 0.3) is 0 Å². The number of allylic oxidation sites excluding steroid dienone is 1. The first-order valence-electron chi connectivity index (χ1n) is 6.53. The Bertz CT molecular complexity index is 392. The zero-order valence-corrected chi connectivity index (χ0v) is 12.6. The third-order valence-electron chi connectivity index (χ3n) is 3.67. The van der Waals surface area contributed by atoms with Gasteiger partial charge in [-0.1, -0.05) is 13.2 Å². The molecule has 0 spiro atoms. The van der Waals surface area contributed by atoms with Crippen LogP contribution in [0.3, 0.4) is 0 Å². The summed E-state index contributed by atoms with van der Waals surface area (Å²) in [6.45, 7) is 16.9. The van der Waals surface area contributed by atoms with Gasteiger partial charge in [-0.05, 0) is 47.5 Å². The standard InChI is InChI=1S/C15H25NO3/c1-10(2)13(17)19-11(3)12-8-14(4,5)16(18)15(6,7)9-12/h12,18H,1,3,8-9H2,2,4-7H3. The van der Waals surface area contributed by atoms with E-state index >= 15 is 0 Å². The van der Waals surface area contributed by atoms with Crippen LogP contribution >= 0.6 is 0 Å². The van der Waals surface area contributed by atoms with Gasteiger partial charge in [0.15, 0.2) is 0 Å². The predicted octanol–water partition coefficient (Wildman–Crippen LogP) is 3.28. The van der Waals surface area contributed by atoms with Crippen LogP contribution in [0, 0.1) is 5.92 Å². The second-order valence-electron chi connectivity index (χ2n) is 6.68. The van der Waals surface area contributed by atoms with Crippen molar-refractivity contribution in [3.05, 3.63) is 24.5 Å². The Balaban J connectivity index is 2.83. The van der Waals surface area contributed by atoms with Crippen LogP contribution in [0.1, 0.15) is 47.5 Å². The number of rotatable bonds is 3. The fourth-order valence-corrected chi connectivity index (χ4v) is 2.79. The maximum Gasteiger partial charge on any atom is 0.338 e. The van der Waals surface area contributed by atoms with Gasteiger partial charge in [-0.2, -0.15) is 5.06 Å². The molecule has 0 aromatic rings. The number of esters is 1. The summed E-state index contributed by atoms with van der Waals surface area (Å²) < 4.78 is 5.24. The van der Waals surface area contributed by atoms with E-state index in [1.165, 1.54) is 5.06 Å². The van der Waals surface area contributed by atoms with Crippen molar-refractivity contribution >= 4 is 5.97 Å². The van der Waals surface area contributed by atoms with Crippen LogP contribution in [0.25, 0.3) is 0 Å². The fraction of sp³-hybridized carbons (Fsp3) is 0.667. The lowest BCUT2D eigenvalue weighted by atomic mass is 9.75. The van der Waals surface area contributed by atoms with Crippen molar-refractivity contribution in [1.29, 1.82) is 0 Å². The Labute approximate surface area is 115 Å². The number of hydrogen-bond acceptors (Lipinski definition) is 4. The molecule has 108 valence electrons. The number of nitrogens with zero attached hydrogens (tertiary/aromatic N) is 1. The molecular formula is C15H25NO3. The van der Waals surface area contributed by atoms with E-state index < -0.39 is 5.97 Å². The highest BCUT2D eigenvalue weighted by Gasteiger charge is 2.46. The Morgan fingerprint density at radius 2 is 1.63 bits per heavy atom. The van der Waals surface area contributed by atoms with Crippen LogP contribution in [0.5, 0.6) is 0 Å². The molecule has 0 aliphatic carbocycles. The molecule has 0 aromatic heterocycles. The molecule has 1 N–H and O–H groups in total. The molecule has 1 aliphatic rings. The Morgan fingerprint density at radius 1 is 1.21 bits per heavy atom. The zero-order valence-electron chi connectivity index (χ0n) is 12.6. The Morgan fingerprint density at radius 3 is 2.00 bits per heavy atom. The minimum Gasteiger partial charge on any atom is -0.428 e. The molecule has 0 bridgehead atoms. The van der Waals surface area contributed by atoms with E-state index in [0.717, 1.165) is 0 Å². The quantitative estimate of drug-likeness (QED) is 0.484. The van der Waals surface area contributed by atoms with Gasteiger partial charge in [-0.3, -0.25) is 0 Å². The molecule has 4 heteroatoms. The second kappa shape index (κ2) is 5.10. The third kappa shape index (κ3) is 3.45. The van der Waals surface area contributed by atoms with Crippen LogP contribution in [0.4, 0.5) is 0 Å². The third-order valence-corrected chi connectivity index (χ3v) is 3.67. The van der Waals surface area contributed by atoms with Gasteiger partial charge >= 0.3 is 5.97 Å². The fourth-order valence-electron chi connectivity index (χ4n) is 2.79. The molecule has 1 saturated heterocycles. The van der Waals surface area contributed by atoms with Crippen LogP contribution in [0.2, 0.25) is 0 Å². The summed E-state index contributed by atoms with van der Waals surface area (Å²) in [6.07, 6.45) is 1.38. The average Bonchev–Trinajstić information content (AvgIpc) is 2.24. The minimum atomic E-state index is -0.438. The number of carbonyl (C=O) groups excluding carboxylic acids is 1. The normalized spacial score (nSPS) is 22.8. The minimum absolute atomic E-state index is 0.0386. The predicted molar refractivity (Wildman–Crippen MR) is 74.6 cm³/mol. The monoisotopic (exact) mass is 267 g/mol. The molecule has 1 heterocycles. The van der Waals surface area contributed by atoms with Crippen LogP contribution < -0.4 is 0 Å². The van der Waals surface area contributed by atoms with Gasteiger partial charge in [0.1, 0.15) is 5.76 Å². The number of hydroxylamine groups is 2. The SMILES string of the molecule is C=C(C)C(=O)OC(=C)C1CC(C)(C)N(O)C(C)(C)C1. The lowest BCUT2D eigenvalue weighted by molar-refractivity contribution is -0.250. The summed E-state index contributed by atoms with van der Waals surface area (Å²) >= 11 is 0. The van der Waals surface area contributed by atoms with E-state index in [1.807, 2.05) is 27.7 Å². The van der Waals surface area contributed by atoms with Crippen molar-refractivity contribution in [2.45, 2.75) is 58.5 Å². The summed E-state index contributed by atoms with van der Waals surface area (Å²) in [4.78, 5) is 11.5. The molecule has 0 radical (unpaired) electrons. The maximum atomic E-state index is 11.5. The topological polar surface area (TPSA) is 49.8 Å². The van der Waals surface area contributed by atoms with Crippen molar-refractivity contribution in [3.63, 3.8) is 0 Å². The van der Waals surface area contributed by atoms with Crippen molar-refractivity contribution < 1.29 is 14.7 Å². The smallest absolute Gasteiger partial charge is 0.338 e. The van der Waals surface area contributed by atoms with Crippen LogP contribution in [0.15, 0.2) is 24.5 Å². The van der Waals surface area contributed by atoms with E-state index in [4.69, 9.17) is 4.74 Å². The molecule has 0 saturated carbocycles. The number of ether oxygens (including phenoxy) is 1. The molecule has 1 fully saturated rings. The zero-order chi connectivity index (χ0) is 15.0. The van der Waals surface area contributed by atoms with Gasteiger partial charge in [-0.25, -0.2) is 4.79 Å². The lowest BCUT2D eigenvalue weighted by Crippen LogP contribution is -2.59. The first-order valence-corrected chi connectivity index (χ1v) is 6.53. The highest BCUT2D eigenvalue weighted by atomic mass is 16.5. The lowest BCUT2D eigenvalue weighted by Gasteiger charge is -2.51. The summed E-state index contributed by atoms with van der Waals surface area (Å²) in [5.41, 5.74) is -0.407. The highest BCUT2D eigenvalue weighted by molar-refractivity contribution is 5.87. The molecule has 0 aromatic carbocycles. The summed E-state index contributed by atoms with van der Waals surface area (Å²) in [5, 5.41) is 11.6. The molecule has 0 atom stereocenters. The van der Waals surface area contributed by atoms with Crippen LogP contribution in [-0.2, 0) is 9.53 Å². The largest absolute Gasteiger partial charge is 0.428 e. The van der Waals surface area contributed by atoms with Gasteiger partial charge in [-0.15, -0.1) is 0 Å². The summed E-state index contributed by atoms with van der Waals surface area (Å²) in [5.74, 6) is 0.0611. The number of hydrogen-bond donors (Lipinski definition) is 1. The van der Waals surface area contributed by atoms with Gasteiger partial charge < -0.3 is 9.94 Å². The summed E-state index contributed by atoms with van der Waals surface area (Å²) in [6, 6.07) is 0. The maximum absolute atomic E-state index is 11.5. The van der Waals surface area contributed by atoms with E-state index in [0.29, 0.717) is 24.2 Å². The van der Waals surface area contributed by atoms with E-state index in [-0.39, 0.29) is 17.0 Å². The second-order valence-corrected chi connectivity index (χ2v) is 6.68. The first-order chi connectivity index (χ1) is 8.47. The van der Waals surface area contributed by atoms with E-state index in [2.05, 4.69) is 13.2 Å². The molecule has 1 rings (SSSR count). The highest BCUT2D eigenvalue weighted by Crippen LogP contribution is 2.42. The number of carbonyl (C=O) groups is 1. The molecule has 0 unspecified atom stereocenters. The first kappa shape index (κ1) is 15.9. The van der Waals surface area contributed by atoms with E-state index in [9.17, 15) is 10.0 Å². The van der Waals surface area contributed by atoms with Gasteiger partial charge in [0.2, 0.25) is 0 Å². The van der Waals surface area contributed by atoms with Gasteiger partial charge in [0.05, 0.1) is 0 Å². The molecule has 1 aliphatic heterocycles. The van der Waals surface area contributed by atoms with Gasteiger partial charge in [0, 0.05) is 22.6 Å².